The Morgan fingerprint density at radius 1 is 1.56 bits per heavy atom. The quantitative estimate of drug-likeness (QED) is 0.776. The van der Waals surface area contributed by atoms with Crippen molar-refractivity contribution in [3.05, 3.63) is 24.0 Å². The number of esters is 1. The van der Waals surface area contributed by atoms with Crippen molar-refractivity contribution in [3.8, 4) is 0 Å². The maximum atomic E-state index is 10.9. The molecule has 1 atom stereocenters. The summed E-state index contributed by atoms with van der Waals surface area (Å²) in [6.45, 7) is 4.52. The van der Waals surface area contributed by atoms with Crippen molar-refractivity contribution in [3.63, 3.8) is 0 Å². The van der Waals surface area contributed by atoms with Crippen molar-refractivity contribution >= 4 is 5.97 Å². The van der Waals surface area contributed by atoms with Crippen LogP contribution in [0.4, 0.5) is 0 Å². The number of aryl methyl sites for hydroxylation is 1. The van der Waals surface area contributed by atoms with Crippen LogP contribution in [0.15, 0.2) is 18.5 Å². The number of aliphatic hydroxyl groups excluding tert-OH is 1. The highest BCUT2D eigenvalue weighted by atomic mass is 16.5. The molecule has 1 rings (SSSR count). The van der Waals surface area contributed by atoms with Crippen molar-refractivity contribution in [2.75, 3.05) is 7.11 Å². The summed E-state index contributed by atoms with van der Waals surface area (Å²) < 4.78 is 6.45. The molecule has 0 bridgehead atoms. The molecule has 1 heterocycles. The van der Waals surface area contributed by atoms with E-state index in [0.717, 1.165) is 5.56 Å². The third kappa shape index (κ3) is 3.38. The Morgan fingerprint density at radius 3 is 2.81 bits per heavy atom. The summed E-state index contributed by atoms with van der Waals surface area (Å²) in [5, 5.41) is 9.83. The maximum absolute atomic E-state index is 10.9. The van der Waals surface area contributed by atoms with Gasteiger partial charge in [-0.3, -0.25) is 4.79 Å². The molecule has 1 unspecified atom stereocenters. The largest absolute Gasteiger partial charge is 0.469 e. The van der Waals surface area contributed by atoms with Crippen molar-refractivity contribution in [1.29, 1.82) is 0 Å². The van der Waals surface area contributed by atoms with Crippen LogP contribution < -0.4 is 0 Å². The minimum Gasteiger partial charge on any atom is -0.469 e. The van der Waals surface area contributed by atoms with Gasteiger partial charge in [0.2, 0.25) is 0 Å². The van der Waals surface area contributed by atoms with Crippen LogP contribution in [0.3, 0.4) is 0 Å². The molecular formula is C12H19NO3. The van der Waals surface area contributed by atoms with Crippen LogP contribution >= 0.6 is 0 Å². The number of carbonyl (C=O) groups is 1. The third-order valence-electron chi connectivity index (χ3n) is 2.55. The van der Waals surface area contributed by atoms with E-state index in [1.807, 2.05) is 36.9 Å². The number of hydrogen-bond acceptors (Lipinski definition) is 3. The Morgan fingerprint density at radius 2 is 2.25 bits per heavy atom. The number of aromatic nitrogens is 1. The molecule has 4 nitrogen and oxygen atoms in total. The predicted molar refractivity (Wildman–Crippen MR) is 60.9 cm³/mol. The first kappa shape index (κ1) is 12.8. The molecule has 0 saturated carbocycles. The average molecular weight is 225 g/mol. The van der Waals surface area contributed by atoms with E-state index in [2.05, 4.69) is 4.74 Å². The highest BCUT2D eigenvalue weighted by molar-refractivity contribution is 5.68. The number of rotatable bonds is 5. The molecule has 1 aromatic heterocycles. The van der Waals surface area contributed by atoms with E-state index in [1.165, 1.54) is 7.11 Å². The third-order valence-corrected chi connectivity index (χ3v) is 2.55. The smallest absolute Gasteiger partial charge is 0.307 e. The molecule has 0 amide bonds. The first-order valence-corrected chi connectivity index (χ1v) is 5.45. The zero-order valence-electron chi connectivity index (χ0n) is 10.0. The highest BCUT2D eigenvalue weighted by Crippen LogP contribution is 2.21. The van der Waals surface area contributed by atoms with Crippen molar-refractivity contribution < 1.29 is 14.6 Å². The van der Waals surface area contributed by atoms with Crippen molar-refractivity contribution in [2.24, 2.45) is 5.92 Å². The minimum atomic E-state index is -0.445. The van der Waals surface area contributed by atoms with Crippen molar-refractivity contribution in [1.82, 2.24) is 4.57 Å². The summed E-state index contributed by atoms with van der Waals surface area (Å²) in [4.78, 5) is 10.9. The van der Waals surface area contributed by atoms with Gasteiger partial charge in [-0.2, -0.15) is 0 Å². The molecule has 0 aliphatic heterocycles. The Labute approximate surface area is 95.8 Å². The first-order chi connectivity index (χ1) is 7.54. The molecule has 4 heteroatoms. The van der Waals surface area contributed by atoms with Gasteiger partial charge in [0.25, 0.3) is 0 Å². The van der Waals surface area contributed by atoms with Gasteiger partial charge in [0.1, 0.15) is 0 Å². The van der Waals surface area contributed by atoms with Crippen LogP contribution in [-0.2, 0) is 16.1 Å². The van der Waals surface area contributed by atoms with Gasteiger partial charge in [-0.15, -0.1) is 0 Å². The molecular weight excluding hydrogens is 206 g/mol. The molecule has 0 aromatic carbocycles. The van der Waals surface area contributed by atoms with E-state index in [0.29, 0.717) is 13.0 Å². The fourth-order valence-corrected chi connectivity index (χ4v) is 1.48. The molecule has 16 heavy (non-hydrogen) atoms. The first-order valence-electron chi connectivity index (χ1n) is 5.45. The SMILES string of the molecule is COC(=O)CCn1ccc(C(O)C(C)C)c1. The average Bonchev–Trinajstić information content (AvgIpc) is 2.73. The number of aliphatic hydroxyl groups is 1. The molecule has 0 radical (unpaired) electrons. The maximum Gasteiger partial charge on any atom is 0.307 e. The lowest BCUT2D eigenvalue weighted by molar-refractivity contribution is -0.140. The fraction of sp³-hybridized carbons (Fsp3) is 0.583. The van der Waals surface area contributed by atoms with Crippen LogP contribution in [-0.4, -0.2) is 22.8 Å². The molecule has 1 N–H and O–H groups in total. The molecule has 0 spiro atoms. The molecule has 0 aliphatic rings. The van der Waals surface area contributed by atoms with Gasteiger partial charge in [-0.05, 0) is 17.5 Å². The normalized spacial score (nSPS) is 12.8. The number of hydrogen-bond donors (Lipinski definition) is 1. The molecule has 1 aromatic rings. The van der Waals surface area contributed by atoms with Crippen LogP contribution in [0, 0.1) is 5.92 Å². The zero-order valence-corrected chi connectivity index (χ0v) is 10.0. The summed E-state index contributed by atoms with van der Waals surface area (Å²) in [5.41, 5.74) is 0.889. The van der Waals surface area contributed by atoms with E-state index in [-0.39, 0.29) is 11.9 Å². The lowest BCUT2D eigenvalue weighted by Crippen LogP contribution is -2.06. The molecule has 0 aliphatic carbocycles. The second-order valence-corrected chi connectivity index (χ2v) is 4.20. The van der Waals surface area contributed by atoms with E-state index < -0.39 is 6.10 Å². The van der Waals surface area contributed by atoms with Crippen LogP contribution in [0.5, 0.6) is 0 Å². The predicted octanol–water partition coefficient (Wildman–Crippen LogP) is 1.74. The summed E-state index contributed by atoms with van der Waals surface area (Å²) in [6.07, 6.45) is 3.64. The van der Waals surface area contributed by atoms with Crippen LogP contribution in [0.25, 0.3) is 0 Å². The number of methoxy groups -OCH3 is 1. The van der Waals surface area contributed by atoms with Gasteiger partial charge < -0.3 is 14.4 Å². The molecule has 0 fully saturated rings. The summed E-state index contributed by atoms with van der Waals surface area (Å²) in [6, 6.07) is 1.88. The Kier molecular flexibility index (Phi) is 4.55. The highest BCUT2D eigenvalue weighted by Gasteiger charge is 2.13. The Bertz CT molecular complexity index is 344. The number of carbonyl (C=O) groups excluding carboxylic acids is 1. The van der Waals surface area contributed by atoms with Gasteiger partial charge in [-0.1, -0.05) is 13.8 Å². The van der Waals surface area contributed by atoms with Gasteiger partial charge >= 0.3 is 5.97 Å². The topological polar surface area (TPSA) is 51.5 Å². The summed E-state index contributed by atoms with van der Waals surface area (Å²) >= 11 is 0. The van der Waals surface area contributed by atoms with Gasteiger partial charge in [0.15, 0.2) is 0 Å². The van der Waals surface area contributed by atoms with E-state index in [1.54, 1.807) is 0 Å². The monoisotopic (exact) mass is 225 g/mol. The fourth-order valence-electron chi connectivity index (χ4n) is 1.48. The lowest BCUT2D eigenvalue weighted by atomic mass is 10.0. The zero-order chi connectivity index (χ0) is 12.1. The minimum absolute atomic E-state index is 0.191. The lowest BCUT2D eigenvalue weighted by Gasteiger charge is -2.12. The summed E-state index contributed by atoms with van der Waals surface area (Å²) in [7, 11) is 1.38. The van der Waals surface area contributed by atoms with E-state index >= 15 is 0 Å². The van der Waals surface area contributed by atoms with E-state index in [9.17, 15) is 9.90 Å². The molecule has 90 valence electrons. The second-order valence-electron chi connectivity index (χ2n) is 4.20. The Hall–Kier alpha value is -1.29. The summed E-state index contributed by atoms with van der Waals surface area (Å²) in [5.74, 6) is -0.0314. The van der Waals surface area contributed by atoms with Gasteiger partial charge in [0, 0.05) is 18.9 Å². The van der Waals surface area contributed by atoms with Crippen LogP contribution in [0.2, 0.25) is 0 Å². The van der Waals surface area contributed by atoms with Crippen molar-refractivity contribution in [2.45, 2.75) is 32.9 Å². The number of nitrogens with zero attached hydrogens (tertiary/aromatic N) is 1. The van der Waals surface area contributed by atoms with Gasteiger partial charge in [-0.25, -0.2) is 0 Å². The van der Waals surface area contributed by atoms with Gasteiger partial charge in [0.05, 0.1) is 19.6 Å². The van der Waals surface area contributed by atoms with Crippen LogP contribution in [0.1, 0.15) is 31.9 Å². The number of ether oxygens (including phenoxy) is 1. The van der Waals surface area contributed by atoms with E-state index in [4.69, 9.17) is 0 Å². The standard InChI is InChI=1S/C12H19NO3/c1-9(2)12(15)10-4-6-13(8-10)7-5-11(14)16-3/h4,6,8-9,12,15H,5,7H2,1-3H3. The molecule has 0 saturated heterocycles. The second kappa shape index (κ2) is 5.70. The Balaban J connectivity index is 2.55.